The lowest BCUT2D eigenvalue weighted by atomic mass is 10.3. The molecule has 0 aliphatic carbocycles. The van der Waals surface area contributed by atoms with Crippen LogP contribution in [-0.4, -0.2) is 24.8 Å². The molecule has 4 nitrogen and oxygen atoms in total. The van der Waals surface area contributed by atoms with E-state index in [0.717, 1.165) is 25.3 Å². The van der Waals surface area contributed by atoms with E-state index < -0.39 is 0 Å². The van der Waals surface area contributed by atoms with E-state index in [4.69, 9.17) is 0 Å². The van der Waals surface area contributed by atoms with Gasteiger partial charge in [0.2, 0.25) is 0 Å². The van der Waals surface area contributed by atoms with Crippen LogP contribution in [0.15, 0.2) is 60.7 Å². The molecule has 0 amide bonds. The van der Waals surface area contributed by atoms with Crippen molar-refractivity contribution in [3.63, 3.8) is 0 Å². The Hall–Kier alpha value is -2.04. The highest BCUT2D eigenvalue weighted by atomic mass is 15.9. The van der Waals surface area contributed by atoms with Crippen molar-refractivity contribution in [2.45, 2.75) is 20.8 Å². The molecule has 0 aliphatic heterocycles. The van der Waals surface area contributed by atoms with Crippen LogP contribution in [0.3, 0.4) is 0 Å². The molecule has 22 heavy (non-hydrogen) atoms. The first-order chi connectivity index (χ1) is 10.8. The summed E-state index contributed by atoms with van der Waals surface area (Å²) >= 11 is 0. The van der Waals surface area contributed by atoms with Crippen molar-refractivity contribution in [3.8, 4) is 0 Å². The highest BCUT2D eigenvalue weighted by molar-refractivity contribution is 5.48. The number of hydrazine groups is 3. The molecule has 118 valence electrons. The van der Waals surface area contributed by atoms with Crippen LogP contribution >= 0.6 is 0 Å². The first-order valence-corrected chi connectivity index (χ1v) is 8.00. The summed E-state index contributed by atoms with van der Waals surface area (Å²) in [5, 5.41) is 6.63. The molecule has 0 aliphatic rings. The third-order valence-corrected chi connectivity index (χ3v) is 3.45. The third-order valence-electron chi connectivity index (χ3n) is 3.45. The zero-order valence-corrected chi connectivity index (χ0v) is 13.7. The Morgan fingerprint density at radius 1 is 0.727 bits per heavy atom. The van der Waals surface area contributed by atoms with Crippen molar-refractivity contribution >= 4 is 11.4 Å². The normalized spacial score (nSPS) is 10.7. The molecule has 2 rings (SSSR count). The number of para-hydroxylation sites is 2. The van der Waals surface area contributed by atoms with Gasteiger partial charge in [0, 0.05) is 19.6 Å². The number of nitrogens with zero attached hydrogens (tertiary/aromatic N) is 3. The Kier molecular flexibility index (Phi) is 6.25. The Balaban J connectivity index is 2.33. The second kappa shape index (κ2) is 8.41. The molecule has 2 aromatic rings. The van der Waals surface area contributed by atoms with Gasteiger partial charge in [0.25, 0.3) is 0 Å². The largest absolute Gasteiger partial charge is 0.287 e. The molecular weight excluding hydrogens is 272 g/mol. The maximum absolute atomic E-state index is 3.45. The van der Waals surface area contributed by atoms with Crippen LogP contribution in [0, 0.1) is 0 Å². The fourth-order valence-electron chi connectivity index (χ4n) is 2.52. The summed E-state index contributed by atoms with van der Waals surface area (Å²) in [6, 6.07) is 20.9. The van der Waals surface area contributed by atoms with Crippen molar-refractivity contribution in [1.29, 1.82) is 0 Å². The second-order valence-electron chi connectivity index (χ2n) is 4.90. The maximum Gasteiger partial charge on any atom is 0.0723 e. The fourth-order valence-corrected chi connectivity index (χ4v) is 2.52. The molecule has 0 unspecified atom stereocenters. The average molecular weight is 298 g/mol. The Morgan fingerprint density at radius 2 is 1.27 bits per heavy atom. The Morgan fingerprint density at radius 3 is 1.73 bits per heavy atom. The standard InChI is InChI=1S/C18H26N4/c1-4-19-22(18-15-11-8-12-16-18)21(6-3)20(5-2)17-13-9-7-10-14-17/h7-16,19H,4-6H2,1-3H3. The zero-order chi connectivity index (χ0) is 15.8. The molecule has 0 bridgehead atoms. The molecule has 4 heteroatoms. The second-order valence-corrected chi connectivity index (χ2v) is 4.90. The predicted molar refractivity (Wildman–Crippen MR) is 94.4 cm³/mol. The van der Waals surface area contributed by atoms with E-state index >= 15 is 0 Å². The number of hydrogen-bond donors (Lipinski definition) is 1. The molecule has 2 aromatic carbocycles. The van der Waals surface area contributed by atoms with Gasteiger partial charge in [-0.15, -0.1) is 5.12 Å². The molecular formula is C18H26N4. The van der Waals surface area contributed by atoms with Crippen LogP contribution in [0.5, 0.6) is 0 Å². The van der Waals surface area contributed by atoms with E-state index in [0.29, 0.717) is 0 Å². The van der Waals surface area contributed by atoms with E-state index in [1.807, 2.05) is 12.1 Å². The van der Waals surface area contributed by atoms with Crippen molar-refractivity contribution in [3.05, 3.63) is 60.7 Å². The summed E-state index contributed by atoms with van der Waals surface area (Å²) in [4.78, 5) is 0. The summed E-state index contributed by atoms with van der Waals surface area (Å²) in [5.41, 5.74) is 5.76. The Bertz CT molecular complexity index is 529. The number of anilines is 2. The Labute approximate surface area is 133 Å². The highest BCUT2D eigenvalue weighted by Crippen LogP contribution is 2.20. The molecule has 1 N–H and O–H groups in total. The number of rotatable bonds is 8. The van der Waals surface area contributed by atoms with E-state index in [-0.39, 0.29) is 0 Å². The molecule has 0 saturated carbocycles. The monoisotopic (exact) mass is 298 g/mol. The molecule has 0 radical (unpaired) electrons. The molecule has 0 aromatic heterocycles. The van der Waals surface area contributed by atoms with Gasteiger partial charge < -0.3 is 0 Å². The van der Waals surface area contributed by atoms with Crippen molar-refractivity contribution in [2.24, 2.45) is 0 Å². The third kappa shape index (κ3) is 3.78. The van der Waals surface area contributed by atoms with Gasteiger partial charge >= 0.3 is 0 Å². The zero-order valence-electron chi connectivity index (χ0n) is 13.7. The van der Waals surface area contributed by atoms with Crippen LogP contribution in [0.25, 0.3) is 0 Å². The minimum absolute atomic E-state index is 0.859. The summed E-state index contributed by atoms with van der Waals surface area (Å²) < 4.78 is 0. The van der Waals surface area contributed by atoms with Crippen LogP contribution in [0.1, 0.15) is 20.8 Å². The van der Waals surface area contributed by atoms with Gasteiger partial charge in [-0.25, -0.2) is 10.5 Å². The van der Waals surface area contributed by atoms with Crippen molar-refractivity contribution < 1.29 is 0 Å². The summed E-state index contributed by atoms with van der Waals surface area (Å²) in [5.74, 6) is 0. The number of hydrogen-bond acceptors (Lipinski definition) is 4. The number of benzene rings is 2. The minimum Gasteiger partial charge on any atom is -0.287 e. The van der Waals surface area contributed by atoms with E-state index in [1.54, 1.807) is 0 Å². The van der Waals surface area contributed by atoms with Crippen LogP contribution < -0.4 is 15.6 Å². The molecule has 0 atom stereocenters. The molecule has 0 spiro atoms. The fraction of sp³-hybridized carbons (Fsp3) is 0.333. The van der Waals surface area contributed by atoms with Crippen molar-refractivity contribution in [2.75, 3.05) is 29.8 Å². The van der Waals surface area contributed by atoms with E-state index in [1.165, 1.54) is 5.69 Å². The highest BCUT2D eigenvalue weighted by Gasteiger charge is 2.20. The summed E-state index contributed by atoms with van der Waals surface area (Å²) in [7, 11) is 0. The van der Waals surface area contributed by atoms with Crippen LogP contribution in [-0.2, 0) is 0 Å². The van der Waals surface area contributed by atoms with Crippen LogP contribution in [0.2, 0.25) is 0 Å². The average Bonchev–Trinajstić information content (AvgIpc) is 2.59. The molecule has 0 fully saturated rings. The topological polar surface area (TPSA) is 21.8 Å². The first-order valence-electron chi connectivity index (χ1n) is 8.00. The van der Waals surface area contributed by atoms with E-state index in [9.17, 15) is 0 Å². The molecule has 0 saturated heterocycles. The van der Waals surface area contributed by atoms with Gasteiger partial charge in [0.1, 0.15) is 0 Å². The van der Waals surface area contributed by atoms with Gasteiger partial charge in [0.15, 0.2) is 0 Å². The van der Waals surface area contributed by atoms with Crippen molar-refractivity contribution in [1.82, 2.24) is 10.5 Å². The smallest absolute Gasteiger partial charge is 0.0723 e. The van der Waals surface area contributed by atoms with Gasteiger partial charge in [-0.05, 0) is 38.1 Å². The quantitative estimate of drug-likeness (QED) is 0.750. The van der Waals surface area contributed by atoms with Gasteiger partial charge in [0.05, 0.1) is 11.4 Å². The SMILES string of the molecule is CCNN(c1ccccc1)N(CC)N(CC)c1ccccc1. The summed E-state index contributed by atoms with van der Waals surface area (Å²) in [6.07, 6.45) is 0. The van der Waals surface area contributed by atoms with Gasteiger partial charge in [-0.1, -0.05) is 43.3 Å². The van der Waals surface area contributed by atoms with Gasteiger partial charge in [-0.3, -0.25) is 5.01 Å². The predicted octanol–water partition coefficient (Wildman–Crippen LogP) is 3.70. The minimum atomic E-state index is 0.859. The molecule has 0 heterocycles. The van der Waals surface area contributed by atoms with Crippen LogP contribution in [0.4, 0.5) is 11.4 Å². The first kappa shape index (κ1) is 16.3. The number of nitrogens with one attached hydrogen (secondary N) is 1. The lowest BCUT2D eigenvalue weighted by Gasteiger charge is -2.43. The summed E-state index contributed by atoms with van der Waals surface area (Å²) in [6.45, 7) is 9.07. The van der Waals surface area contributed by atoms with Gasteiger partial charge in [-0.2, -0.15) is 0 Å². The maximum atomic E-state index is 3.45. The van der Waals surface area contributed by atoms with E-state index in [2.05, 4.69) is 90.0 Å². The lowest BCUT2D eigenvalue weighted by Crippen LogP contribution is -2.59. The lowest BCUT2D eigenvalue weighted by molar-refractivity contribution is 0.212.